The van der Waals surface area contributed by atoms with E-state index in [1.807, 2.05) is 24.3 Å². The summed E-state index contributed by atoms with van der Waals surface area (Å²) in [4.78, 5) is 18.8. The third kappa shape index (κ3) is 8.56. The Balaban J connectivity index is 0.000000934. The van der Waals surface area contributed by atoms with Crippen molar-refractivity contribution in [2.45, 2.75) is 33.2 Å². The van der Waals surface area contributed by atoms with Gasteiger partial charge in [-0.3, -0.25) is 10.2 Å². The van der Waals surface area contributed by atoms with Crippen LogP contribution in [0.3, 0.4) is 0 Å². The highest BCUT2D eigenvalue weighted by Gasteiger charge is 2.24. The lowest BCUT2D eigenvalue weighted by Crippen LogP contribution is -2.43. The van der Waals surface area contributed by atoms with Gasteiger partial charge in [0, 0.05) is 42.6 Å². The van der Waals surface area contributed by atoms with Crippen LogP contribution in [0.2, 0.25) is 5.02 Å². The lowest BCUT2D eigenvalue weighted by molar-refractivity contribution is 0.102. The molecule has 0 spiro atoms. The maximum Gasteiger partial charge on any atom is 0.255 e. The van der Waals surface area contributed by atoms with Crippen LogP contribution in [-0.4, -0.2) is 54.6 Å². The molecule has 10 heteroatoms. The fourth-order valence-corrected chi connectivity index (χ4v) is 4.87. The number of hydrogen-bond acceptors (Lipinski definition) is 6. The number of rotatable bonds is 7. The van der Waals surface area contributed by atoms with Crippen molar-refractivity contribution in [2.24, 2.45) is 0 Å². The first kappa shape index (κ1) is 29.1. The molecule has 2 aromatic carbocycles. The van der Waals surface area contributed by atoms with Gasteiger partial charge in [0.1, 0.15) is 11.7 Å². The van der Waals surface area contributed by atoms with Crippen molar-refractivity contribution in [2.75, 3.05) is 35.2 Å². The summed E-state index contributed by atoms with van der Waals surface area (Å²) < 4.78 is 23.2. The molecule has 1 aliphatic rings. The van der Waals surface area contributed by atoms with Crippen LogP contribution in [0.25, 0.3) is 0 Å². The molecule has 3 N–H and O–H groups in total. The maximum absolute atomic E-state index is 12.8. The normalized spacial score (nSPS) is 14.1. The molecule has 0 bridgehead atoms. The van der Waals surface area contributed by atoms with Gasteiger partial charge in [-0.05, 0) is 35.9 Å². The predicted molar refractivity (Wildman–Crippen MR) is 155 cm³/mol. The fraction of sp³-hybridized carbons (Fsp3) is 0.321. The number of benzene rings is 2. The summed E-state index contributed by atoms with van der Waals surface area (Å²) in [5.74, 6) is 0.777. The molecule has 1 aliphatic heterocycles. The van der Waals surface area contributed by atoms with Crippen molar-refractivity contribution >= 4 is 44.7 Å². The molecule has 202 valence electrons. The minimum Gasteiger partial charge on any atom is -0.366 e. The van der Waals surface area contributed by atoms with Crippen LogP contribution in [-0.2, 0) is 16.4 Å². The molecule has 2 heterocycles. The van der Waals surface area contributed by atoms with E-state index in [1.165, 1.54) is 12.8 Å². The number of halogens is 1. The fourth-order valence-electron chi connectivity index (χ4n) is 3.56. The number of carbonyl (C=O) groups is 1. The van der Waals surface area contributed by atoms with Gasteiger partial charge in [0.05, 0.1) is 16.5 Å². The highest BCUT2D eigenvalue weighted by molar-refractivity contribution is 7.91. The third-order valence-corrected chi connectivity index (χ3v) is 7.87. The van der Waals surface area contributed by atoms with Gasteiger partial charge in [-0.2, -0.15) is 0 Å². The van der Waals surface area contributed by atoms with Crippen LogP contribution in [0.15, 0.2) is 66.9 Å². The largest absolute Gasteiger partial charge is 0.366 e. The van der Waals surface area contributed by atoms with Gasteiger partial charge in [-0.15, -0.1) is 0 Å². The lowest BCUT2D eigenvalue weighted by atomic mass is 10.1. The van der Waals surface area contributed by atoms with E-state index in [4.69, 9.17) is 17.0 Å². The Labute approximate surface area is 229 Å². The summed E-state index contributed by atoms with van der Waals surface area (Å²) in [5, 5.41) is 15.1. The van der Waals surface area contributed by atoms with Gasteiger partial charge in [0.15, 0.2) is 9.84 Å². The molecule has 4 rings (SSSR count). The number of aromatic nitrogens is 1. The Morgan fingerprint density at radius 1 is 0.974 bits per heavy atom. The molecule has 3 aromatic rings. The number of unbranched alkanes of at least 4 members (excludes halogenated alkanes) is 1. The number of hydrogen-bond donors (Lipinski definition) is 3. The Kier molecular flexibility index (Phi) is 10.7. The molecule has 1 fully saturated rings. The predicted octanol–water partition coefficient (Wildman–Crippen LogP) is 5.46. The van der Waals surface area contributed by atoms with Crippen molar-refractivity contribution in [3.63, 3.8) is 0 Å². The zero-order chi connectivity index (χ0) is 27.5. The summed E-state index contributed by atoms with van der Waals surface area (Å²) in [6.45, 7) is 5.44. The highest BCUT2D eigenvalue weighted by Crippen LogP contribution is 2.19. The van der Waals surface area contributed by atoms with Crippen molar-refractivity contribution in [1.82, 2.24) is 9.88 Å². The third-order valence-electron chi connectivity index (χ3n) is 6.03. The molecular formula is C28H34ClN5O3S. The van der Waals surface area contributed by atoms with Gasteiger partial charge in [0.25, 0.3) is 5.91 Å². The summed E-state index contributed by atoms with van der Waals surface area (Å²) in [6, 6.07) is 17.8. The second-order valence-electron chi connectivity index (χ2n) is 8.89. The number of pyridine rings is 1. The van der Waals surface area contributed by atoms with Crippen molar-refractivity contribution < 1.29 is 13.2 Å². The summed E-state index contributed by atoms with van der Waals surface area (Å²) in [6.07, 6.45) is 4.20. The number of nitrogens with one attached hydrogen (secondary N) is 3. The quantitative estimate of drug-likeness (QED) is 0.263. The van der Waals surface area contributed by atoms with Crippen LogP contribution in [0.1, 0.15) is 48.2 Å². The molecule has 38 heavy (non-hydrogen) atoms. The second kappa shape index (κ2) is 13.9. The number of amidine groups is 1. The Morgan fingerprint density at radius 3 is 2.21 bits per heavy atom. The molecule has 1 amide bonds. The van der Waals surface area contributed by atoms with Crippen LogP contribution in [0, 0.1) is 5.41 Å². The van der Waals surface area contributed by atoms with Gasteiger partial charge < -0.3 is 15.5 Å². The van der Waals surface area contributed by atoms with Gasteiger partial charge in [0.2, 0.25) is 0 Å². The first-order valence-corrected chi connectivity index (χ1v) is 14.8. The smallest absolute Gasteiger partial charge is 0.255 e. The van der Waals surface area contributed by atoms with E-state index in [-0.39, 0.29) is 23.2 Å². The van der Waals surface area contributed by atoms with Crippen molar-refractivity contribution in [3.05, 3.63) is 88.6 Å². The number of para-hydroxylation sites is 1. The van der Waals surface area contributed by atoms with Crippen LogP contribution in [0.5, 0.6) is 0 Å². The van der Waals surface area contributed by atoms with Gasteiger partial charge >= 0.3 is 0 Å². The number of carbonyl (C=O) groups excluding carboxylic acids is 1. The molecule has 0 unspecified atom stereocenters. The maximum atomic E-state index is 12.8. The standard InChI is InChI=1S/C24H24ClN5O3S.C4H10/c25-20-9-10-22(28-16-20)27-15-19-3-1-2-4-21(19)29-24(31)18-7-5-17(6-8-18)23(26)30-11-13-34(32,33)14-12-30;1-3-4-2/h1-10,16,26H,11-15H2,(H,27,28)(H,29,31);3-4H2,1-2H3. The summed E-state index contributed by atoms with van der Waals surface area (Å²) >= 11 is 5.87. The number of anilines is 2. The highest BCUT2D eigenvalue weighted by atomic mass is 35.5. The van der Waals surface area contributed by atoms with Gasteiger partial charge in [-0.1, -0.05) is 68.6 Å². The van der Waals surface area contributed by atoms with Crippen molar-refractivity contribution in [3.8, 4) is 0 Å². The van der Waals surface area contributed by atoms with E-state index in [1.54, 1.807) is 47.5 Å². The number of amides is 1. The first-order chi connectivity index (χ1) is 18.2. The first-order valence-electron chi connectivity index (χ1n) is 12.6. The second-order valence-corrected chi connectivity index (χ2v) is 11.6. The van der Waals surface area contributed by atoms with Crippen LogP contribution >= 0.6 is 11.6 Å². The molecule has 0 radical (unpaired) electrons. The Morgan fingerprint density at radius 2 is 1.61 bits per heavy atom. The Hall–Kier alpha value is -3.43. The number of sulfone groups is 1. The van der Waals surface area contributed by atoms with Gasteiger partial charge in [-0.25, -0.2) is 13.4 Å². The van der Waals surface area contributed by atoms with E-state index in [0.29, 0.717) is 47.3 Å². The number of nitrogens with zero attached hydrogens (tertiary/aromatic N) is 2. The van der Waals surface area contributed by atoms with Crippen molar-refractivity contribution in [1.29, 1.82) is 5.41 Å². The summed E-state index contributed by atoms with van der Waals surface area (Å²) in [5.41, 5.74) is 2.67. The SMILES string of the molecule is CCCC.N=C(c1ccc(C(=O)Nc2ccccc2CNc2ccc(Cl)cn2)cc1)N1CCS(=O)(=O)CC1. The lowest BCUT2D eigenvalue weighted by Gasteiger charge is -2.29. The van der Waals surface area contributed by atoms with E-state index >= 15 is 0 Å². The van der Waals surface area contributed by atoms with E-state index in [2.05, 4.69) is 29.5 Å². The molecule has 0 aliphatic carbocycles. The Bertz CT molecular complexity index is 1310. The molecule has 8 nitrogen and oxygen atoms in total. The minimum absolute atomic E-state index is 0.0538. The summed E-state index contributed by atoms with van der Waals surface area (Å²) in [7, 11) is -3.01. The molecular weight excluding hydrogens is 522 g/mol. The zero-order valence-corrected chi connectivity index (χ0v) is 23.3. The average molecular weight is 556 g/mol. The molecule has 1 saturated heterocycles. The monoisotopic (exact) mass is 555 g/mol. The zero-order valence-electron chi connectivity index (χ0n) is 21.7. The topological polar surface area (TPSA) is 115 Å². The van der Waals surface area contributed by atoms with E-state index in [0.717, 1.165) is 5.56 Å². The van der Waals surface area contributed by atoms with Crippen LogP contribution in [0.4, 0.5) is 11.5 Å². The van der Waals surface area contributed by atoms with Crippen LogP contribution < -0.4 is 10.6 Å². The van der Waals surface area contributed by atoms with E-state index in [9.17, 15) is 13.2 Å². The molecule has 0 saturated carbocycles. The van der Waals surface area contributed by atoms with E-state index < -0.39 is 9.84 Å². The molecule has 1 aromatic heterocycles. The average Bonchev–Trinajstić information content (AvgIpc) is 2.93. The minimum atomic E-state index is -3.01. The molecule has 0 atom stereocenters.